The fourth-order valence-corrected chi connectivity index (χ4v) is 5.65. The molecule has 5 nitrogen and oxygen atoms in total. The molecule has 0 spiro atoms. The van der Waals surface area contributed by atoms with Gasteiger partial charge in [0, 0.05) is 0 Å². The third-order valence-electron chi connectivity index (χ3n) is 6.73. The van der Waals surface area contributed by atoms with Crippen molar-refractivity contribution < 1.29 is 22.9 Å². The zero-order valence-corrected chi connectivity index (χ0v) is 21.0. The molecule has 0 heterocycles. The first-order chi connectivity index (χ1) is 14.9. The Kier molecular flexibility index (Phi) is 11.8. The Labute approximate surface area is 189 Å². The van der Waals surface area contributed by atoms with E-state index in [0.717, 1.165) is 32.1 Å². The molecule has 2 unspecified atom stereocenters. The molecule has 0 amide bonds. The number of phosphoric acid groups is 1. The summed E-state index contributed by atoms with van der Waals surface area (Å²) in [5.74, 6) is 1.56. The molecule has 6 heteroatoms. The second-order valence-electron chi connectivity index (χ2n) is 9.04. The minimum Gasteiger partial charge on any atom is -0.376 e. The van der Waals surface area contributed by atoms with Crippen molar-refractivity contribution in [3.05, 3.63) is 35.9 Å². The lowest BCUT2D eigenvalue weighted by Crippen LogP contribution is -2.42. The number of hydrogen-bond acceptors (Lipinski definition) is 5. The van der Waals surface area contributed by atoms with Crippen molar-refractivity contribution in [2.75, 3.05) is 19.8 Å². The smallest absolute Gasteiger partial charge is 0.376 e. The lowest BCUT2D eigenvalue weighted by Gasteiger charge is -2.43. The summed E-state index contributed by atoms with van der Waals surface area (Å²) in [6, 6.07) is 10.2. The first-order valence-electron chi connectivity index (χ1n) is 12.1. The topological polar surface area (TPSA) is 54.0 Å². The zero-order valence-electron chi connectivity index (χ0n) is 20.1. The van der Waals surface area contributed by atoms with Gasteiger partial charge in [0.15, 0.2) is 0 Å². The van der Waals surface area contributed by atoms with Gasteiger partial charge in [0.1, 0.15) is 0 Å². The van der Waals surface area contributed by atoms with Crippen LogP contribution in [0.4, 0.5) is 0 Å². The molecule has 178 valence electrons. The molecule has 31 heavy (non-hydrogen) atoms. The van der Waals surface area contributed by atoms with E-state index in [4.69, 9.17) is 18.3 Å². The summed E-state index contributed by atoms with van der Waals surface area (Å²) in [6.45, 7) is 13.0. The van der Waals surface area contributed by atoms with E-state index in [1.807, 2.05) is 18.2 Å². The third kappa shape index (κ3) is 8.63. The summed E-state index contributed by atoms with van der Waals surface area (Å²) >= 11 is 0. The lowest BCUT2D eigenvalue weighted by molar-refractivity contribution is -0.0488. The highest BCUT2D eigenvalue weighted by Gasteiger charge is 2.43. The van der Waals surface area contributed by atoms with Crippen LogP contribution in [-0.4, -0.2) is 25.9 Å². The van der Waals surface area contributed by atoms with Gasteiger partial charge in [-0.25, -0.2) is 4.57 Å². The van der Waals surface area contributed by atoms with Crippen LogP contribution in [0.5, 0.6) is 0 Å². The maximum Gasteiger partial charge on any atom is 0.475 e. The van der Waals surface area contributed by atoms with Crippen LogP contribution in [0.2, 0.25) is 0 Å². The van der Waals surface area contributed by atoms with Gasteiger partial charge in [0.05, 0.1) is 32.5 Å². The molecule has 1 fully saturated rings. The van der Waals surface area contributed by atoms with Crippen LogP contribution in [0.1, 0.15) is 72.3 Å². The Balaban J connectivity index is 1.99. The van der Waals surface area contributed by atoms with Crippen LogP contribution in [0.25, 0.3) is 0 Å². The third-order valence-corrected chi connectivity index (χ3v) is 8.25. The van der Waals surface area contributed by atoms with Gasteiger partial charge in [-0.2, -0.15) is 0 Å². The summed E-state index contributed by atoms with van der Waals surface area (Å²) in [6.07, 6.45) is 4.28. The Hall–Kier alpha value is -0.710. The maximum atomic E-state index is 13.4. The molecule has 2 rings (SSSR count). The standard InChI is InChI=1S/C25H43O5P/c1-6-8-15-28-31(26,29-16-9-7-2)30-25-17-24(21(4)20(3)22(25)5)19-27-18-23-13-11-10-12-14-23/h10-14,20-22,24-25H,6-9,15-19H2,1-5H3/t20-,21-,22?,24?,25+/m0/s1. The predicted octanol–water partition coefficient (Wildman–Crippen LogP) is 7.26. The Bertz CT molecular complexity index is 639. The number of ether oxygens (including phenoxy) is 1. The van der Waals surface area contributed by atoms with Crippen molar-refractivity contribution >= 4 is 7.82 Å². The van der Waals surface area contributed by atoms with Crippen LogP contribution < -0.4 is 0 Å². The average Bonchev–Trinajstić information content (AvgIpc) is 2.76. The summed E-state index contributed by atoms with van der Waals surface area (Å²) in [5.41, 5.74) is 1.18. The summed E-state index contributed by atoms with van der Waals surface area (Å²) in [5, 5.41) is 0. The van der Waals surface area contributed by atoms with Crippen molar-refractivity contribution in [2.45, 2.75) is 79.4 Å². The summed E-state index contributed by atoms with van der Waals surface area (Å²) in [7, 11) is -3.57. The second-order valence-corrected chi connectivity index (χ2v) is 10.7. The van der Waals surface area contributed by atoms with Crippen molar-refractivity contribution in [3.63, 3.8) is 0 Å². The SMILES string of the molecule is CCCCOP(=O)(OCCCC)O[C@@H]1CC(COCc2ccccc2)[C@@H](C)[C@H](C)C1C. The highest BCUT2D eigenvalue weighted by molar-refractivity contribution is 7.48. The zero-order chi connectivity index (χ0) is 22.7. The molecule has 1 saturated carbocycles. The lowest BCUT2D eigenvalue weighted by atomic mass is 9.67. The number of rotatable bonds is 14. The normalized spacial score (nSPS) is 26.8. The number of hydrogen-bond donors (Lipinski definition) is 0. The summed E-state index contributed by atoms with van der Waals surface area (Å²) < 4.78 is 37.0. The Morgan fingerprint density at radius 1 is 0.903 bits per heavy atom. The van der Waals surface area contributed by atoms with E-state index in [0.29, 0.717) is 44.2 Å². The van der Waals surface area contributed by atoms with Crippen molar-refractivity contribution in [1.82, 2.24) is 0 Å². The van der Waals surface area contributed by atoms with Gasteiger partial charge in [-0.05, 0) is 48.5 Å². The summed E-state index contributed by atoms with van der Waals surface area (Å²) in [4.78, 5) is 0. The van der Waals surface area contributed by atoms with Crippen LogP contribution >= 0.6 is 7.82 Å². The van der Waals surface area contributed by atoms with E-state index < -0.39 is 7.82 Å². The van der Waals surface area contributed by atoms with Crippen LogP contribution in [0.15, 0.2) is 30.3 Å². The molecule has 1 aliphatic rings. The average molecular weight is 455 g/mol. The van der Waals surface area contributed by atoms with Crippen molar-refractivity contribution in [1.29, 1.82) is 0 Å². The minimum atomic E-state index is -3.57. The van der Waals surface area contributed by atoms with Gasteiger partial charge >= 0.3 is 7.82 Å². The van der Waals surface area contributed by atoms with Gasteiger partial charge < -0.3 is 4.74 Å². The number of unbranched alkanes of at least 4 members (excludes halogenated alkanes) is 2. The molecule has 1 aromatic rings. The van der Waals surface area contributed by atoms with E-state index in [2.05, 4.69) is 46.8 Å². The molecular weight excluding hydrogens is 411 g/mol. The molecule has 5 atom stereocenters. The Morgan fingerprint density at radius 2 is 1.52 bits per heavy atom. The first kappa shape index (κ1) is 26.5. The highest BCUT2D eigenvalue weighted by Crippen LogP contribution is 2.54. The van der Waals surface area contributed by atoms with E-state index in [9.17, 15) is 4.57 Å². The van der Waals surface area contributed by atoms with Crippen LogP contribution in [-0.2, 0) is 29.5 Å². The molecule has 0 aliphatic heterocycles. The van der Waals surface area contributed by atoms with Gasteiger partial charge in [0.2, 0.25) is 0 Å². The molecule has 0 saturated heterocycles. The van der Waals surface area contributed by atoms with Gasteiger partial charge in [0.25, 0.3) is 0 Å². The molecule has 1 aliphatic carbocycles. The van der Waals surface area contributed by atoms with Gasteiger partial charge in [-0.3, -0.25) is 13.6 Å². The predicted molar refractivity (Wildman–Crippen MR) is 126 cm³/mol. The monoisotopic (exact) mass is 454 g/mol. The molecule has 1 aromatic carbocycles. The maximum absolute atomic E-state index is 13.4. The quantitative estimate of drug-likeness (QED) is 0.219. The van der Waals surface area contributed by atoms with Crippen molar-refractivity contribution in [3.8, 4) is 0 Å². The van der Waals surface area contributed by atoms with E-state index >= 15 is 0 Å². The van der Waals surface area contributed by atoms with Gasteiger partial charge in [-0.1, -0.05) is 77.8 Å². The van der Waals surface area contributed by atoms with E-state index in [-0.39, 0.29) is 12.0 Å². The number of phosphoric ester groups is 1. The molecule has 0 bridgehead atoms. The fraction of sp³-hybridized carbons (Fsp3) is 0.760. The van der Waals surface area contributed by atoms with Crippen LogP contribution in [0, 0.1) is 23.7 Å². The number of benzene rings is 1. The van der Waals surface area contributed by atoms with Gasteiger partial charge in [-0.15, -0.1) is 0 Å². The highest BCUT2D eigenvalue weighted by atomic mass is 31.2. The minimum absolute atomic E-state index is 0.161. The molecule has 0 radical (unpaired) electrons. The molecule has 0 aromatic heterocycles. The largest absolute Gasteiger partial charge is 0.475 e. The van der Waals surface area contributed by atoms with Crippen molar-refractivity contribution in [2.24, 2.45) is 23.7 Å². The Morgan fingerprint density at radius 3 is 2.10 bits per heavy atom. The molecule has 0 N–H and O–H groups in total. The van der Waals surface area contributed by atoms with E-state index in [1.165, 1.54) is 5.56 Å². The molecular formula is C25H43O5P. The second kappa shape index (κ2) is 13.7. The first-order valence-corrected chi connectivity index (χ1v) is 13.5. The van der Waals surface area contributed by atoms with E-state index in [1.54, 1.807) is 0 Å². The fourth-order valence-electron chi connectivity index (χ4n) is 4.14. The van der Waals surface area contributed by atoms with Crippen LogP contribution in [0.3, 0.4) is 0 Å².